The molecule has 0 bridgehead atoms. The smallest absolute Gasteiger partial charge is 0.143 e. The van der Waals surface area contributed by atoms with Crippen molar-refractivity contribution in [1.29, 1.82) is 0 Å². The minimum absolute atomic E-state index is 0.0298. The van der Waals surface area contributed by atoms with Gasteiger partial charge >= 0.3 is 0 Å². The molecule has 1 unspecified atom stereocenters. The van der Waals surface area contributed by atoms with E-state index < -0.39 is 0 Å². The van der Waals surface area contributed by atoms with Crippen molar-refractivity contribution in [2.24, 2.45) is 0 Å². The van der Waals surface area contributed by atoms with Gasteiger partial charge in [-0.25, -0.2) is 4.63 Å². The molecule has 1 aliphatic heterocycles. The molecule has 0 saturated heterocycles. The topological polar surface area (TPSA) is 51.4 Å². The molecule has 2 aromatic carbocycles. The van der Waals surface area contributed by atoms with Crippen molar-refractivity contribution >= 4 is 21.6 Å². The molecule has 0 fully saturated rings. The normalized spacial score (nSPS) is 16.7. The van der Waals surface area contributed by atoms with Gasteiger partial charge in [0.25, 0.3) is 0 Å². The number of hydrogen-bond acceptors (Lipinski definition) is 5. The number of anilines is 1. The van der Waals surface area contributed by atoms with E-state index in [1.807, 2.05) is 30.3 Å². The van der Waals surface area contributed by atoms with Crippen LogP contribution >= 0.6 is 15.9 Å². The van der Waals surface area contributed by atoms with Gasteiger partial charge in [0.05, 0.1) is 25.0 Å². The molecule has 5 nitrogen and oxygen atoms in total. The van der Waals surface area contributed by atoms with E-state index in [1.165, 1.54) is 0 Å². The standard InChI is InChI=1S/C17H14BrN3O2/c18-13-7-5-12(6-8-13)17-11-21(10-14-9-19-23-20-14)15-3-1-2-4-16(15)22-17/h1-9,17H,10-11H2. The summed E-state index contributed by atoms with van der Waals surface area (Å²) in [4.78, 5) is 2.24. The van der Waals surface area contributed by atoms with Gasteiger partial charge in [0.15, 0.2) is 0 Å². The first-order valence-corrected chi connectivity index (χ1v) is 8.11. The fourth-order valence-corrected chi connectivity index (χ4v) is 3.02. The Morgan fingerprint density at radius 2 is 1.96 bits per heavy atom. The Bertz CT molecular complexity index is 790. The van der Waals surface area contributed by atoms with Crippen LogP contribution in [0.4, 0.5) is 5.69 Å². The molecular formula is C17H14BrN3O2. The second-order valence-electron chi connectivity index (χ2n) is 5.41. The zero-order valence-electron chi connectivity index (χ0n) is 12.2. The summed E-state index contributed by atoms with van der Waals surface area (Å²) >= 11 is 3.47. The van der Waals surface area contributed by atoms with Crippen molar-refractivity contribution in [3.05, 3.63) is 70.5 Å². The Morgan fingerprint density at radius 3 is 2.74 bits per heavy atom. The van der Waals surface area contributed by atoms with Crippen LogP contribution in [0.15, 0.2) is 63.8 Å². The zero-order valence-corrected chi connectivity index (χ0v) is 13.8. The molecule has 0 amide bonds. The first-order chi connectivity index (χ1) is 11.3. The van der Waals surface area contributed by atoms with Crippen LogP contribution in [0, 0.1) is 0 Å². The summed E-state index contributed by atoms with van der Waals surface area (Å²) < 4.78 is 12.0. The second-order valence-corrected chi connectivity index (χ2v) is 6.32. The van der Waals surface area contributed by atoms with Crippen molar-refractivity contribution in [3.8, 4) is 5.75 Å². The molecular weight excluding hydrogens is 358 g/mol. The Balaban J connectivity index is 1.66. The van der Waals surface area contributed by atoms with Crippen LogP contribution < -0.4 is 9.64 Å². The number of fused-ring (bicyclic) bond motifs is 1. The van der Waals surface area contributed by atoms with Gasteiger partial charge in [-0.1, -0.05) is 50.5 Å². The highest BCUT2D eigenvalue weighted by Crippen LogP contribution is 2.38. The Kier molecular flexibility index (Phi) is 3.75. The number of halogens is 1. The first-order valence-electron chi connectivity index (χ1n) is 7.32. The number of para-hydroxylation sites is 2. The van der Waals surface area contributed by atoms with E-state index in [1.54, 1.807) is 6.20 Å². The van der Waals surface area contributed by atoms with Crippen LogP contribution in [0.2, 0.25) is 0 Å². The number of benzene rings is 2. The highest BCUT2D eigenvalue weighted by molar-refractivity contribution is 9.10. The van der Waals surface area contributed by atoms with Crippen molar-refractivity contribution < 1.29 is 9.37 Å². The quantitative estimate of drug-likeness (QED) is 0.696. The van der Waals surface area contributed by atoms with E-state index in [-0.39, 0.29) is 6.10 Å². The van der Waals surface area contributed by atoms with Crippen LogP contribution in [0.25, 0.3) is 0 Å². The molecule has 0 spiro atoms. The Hall–Kier alpha value is -2.34. The van der Waals surface area contributed by atoms with Crippen molar-refractivity contribution in [1.82, 2.24) is 10.3 Å². The SMILES string of the molecule is Brc1ccc(C2CN(Cc3cnon3)c3ccccc3O2)cc1. The largest absolute Gasteiger partial charge is 0.482 e. The molecule has 2 heterocycles. The minimum Gasteiger partial charge on any atom is -0.482 e. The Labute approximate surface area is 142 Å². The molecule has 0 saturated carbocycles. The summed E-state index contributed by atoms with van der Waals surface area (Å²) in [5.74, 6) is 0.878. The van der Waals surface area contributed by atoms with Gasteiger partial charge in [0.1, 0.15) is 17.5 Å². The third kappa shape index (κ3) is 2.94. The molecule has 0 radical (unpaired) electrons. The van der Waals surface area contributed by atoms with Gasteiger partial charge < -0.3 is 9.64 Å². The summed E-state index contributed by atoms with van der Waals surface area (Å²) in [5.41, 5.74) is 3.01. The lowest BCUT2D eigenvalue weighted by Gasteiger charge is -2.36. The second kappa shape index (κ2) is 6.04. The fraction of sp³-hybridized carbons (Fsp3) is 0.176. The number of rotatable bonds is 3. The van der Waals surface area contributed by atoms with Gasteiger partial charge in [0, 0.05) is 4.47 Å². The Morgan fingerprint density at radius 1 is 1.13 bits per heavy atom. The molecule has 1 aromatic heterocycles. The molecule has 4 rings (SSSR count). The molecule has 1 atom stereocenters. The van der Waals surface area contributed by atoms with E-state index in [4.69, 9.17) is 9.37 Å². The van der Waals surface area contributed by atoms with Crippen molar-refractivity contribution in [2.75, 3.05) is 11.4 Å². The summed E-state index contributed by atoms with van der Waals surface area (Å²) in [6.07, 6.45) is 1.62. The van der Waals surface area contributed by atoms with E-state index in [0.717, 1.165) is 33.7 Å². The number of nitrogens with zero attached hydrogens (tertiary/aromatic N) is 3. The molecule has 1 aliphatic rings. The fourth-order valence-electron chi connectivity index (χ4n) is 2.76. The molecule has 0 aliphatic carbocycles. The maximum Gasteiger partial charge on any atom is 0.143 e. The molecule has 3 aromatic rings. The third-order valence-corrected chi connectivity index (χ3v) is 4.39. The molecule has 6 heteroatoms. The summed E-state index contributed by atoms with van der Waals surface area (Å²) in [6, 6.07) is 16.3. The maximum absolute atomic E-state index is 6.19. The van der Waals surface area contributed by atoms with Gasteiger partial charge in [-0.3, -0.25) is 0 Å². The number of aromatic nitrogens is 2. The summed E-state index contributed by atoms with van der Waals surface area (Å²) in [6.45, 7) is 1.38. The predicted octanol–water partition coefficient (Wildman–Crippen LogP) is 3.97. The number of hydrogen-bond donors (Lipinski definition) is 0. The van der Waals surface area contributed by atoms with E-state index in [0.29, 0.717) is 6.54 Å². The summed E-state index contributed by atoms with van der Waals surface area (Å²) in [5, 5.41) is 7.60. The van der Waals surface area contributed by atoms with E-state index >= 15 is 0 Å². The van der Waals surface area contributed by atoms with Crippen LogP contribution in [-0.2, 0) is 6.54 Å². The van der Waals surface area contributed by atoms with Crippen molar-refractivity contribution in [3.63, 3.8) is 0 Å². The van der Waals surface area contributed by atoms with Gasteiger partial charge in [-0.05, 0) is 29.8 Å². The lowest BCUT2D eigenvalue weighted by molar-refractivity contribution is 0.196. The maximum atomic E-state index is 6.19. The van der Waals surface area contributed by atoms with Crippen LogP contribution in [0.5, 0.6) is 5.75 Å². The van der Waals surface area contributed by atoms with Crippen molar-refractivity contribution in [2.45, 2.75) is 12.6 Å². The van der Waals surface area contributed by atoms with Gasteiger partial charge in [-0.2, -0.15) is 0 Å². The lowest BCUT2D eigenvalue weighted by Crippen LogP contribution is -2.34. The van der Waals surface area contributed by atoms with E-state index in [9.17, 15) is 0 Å². The summed E-state index contributed by atoms with van der Waals surface area (Å²) in [7, 11) is 0. The molecule has 0 N–H and O–H groups in total. The third-order valence-electron chi connectivity index (χ3n) is 3.86. The number of ether oxygens (including phenoxy) is 1. The zero-order chi connectivity index (χ0) is 15.6. The lowest BCUT2D eigenvalue weighted by atomic mass is 10.1. The molecule has 116 valence electrons. The monoisotopic (exact) mass is 371 g/mol. The highest BCUT2D eigenvalue weighted by Gasteiger charge is 2.27. The predicted molar refractivity (Wildman–Crippen MR) is 89.3 cm³/mol. The van der Waals surface area contributed by atoms with Gasteiger partial charge in [-0.15, -0.1) is 0 Å². The van der Waals surface area contributed by atoms with Gasteiger partial charge in [0.2, 0.25) is 0 Å². The van der Waals surface area contributed by atoms with Crippen LogP contribution in [-0.4, -0.2) is 16.9 Å². The van der Waals surface area contributed by atoms with Crippen LogP contribution in [0.3, 0.4) is 0 Å². The minimum atomic E-state index is -0.0298. The highest BCUT2D eigenvalue weighted by atomic mass is 79.9. The molecule has 23 heavy (non-hydrogen) atoms. The first kappa shape index (κ1) is 14.3. The average molecular weight is 372 g/mol. The average Bonchev–Trinajstić information content (AvgIpc) is 3.08. The van der Waals surface area contributed by atoms with Crippen LogP contribution in [0.1, 0.15) is 17.4 Å². The van der Waals surface area contributed by atoms with E-state index in [2.05, 4.69) is 49.3 Å².